The molecule has 1 aromatic rings. The van der Waals surface area contributed by atoms with Crippen molar-refractivity contribution < 1.29 is 9.58 Å². The van der Waals surface area contributed by atoms with Gasteiger partial charge in [0.1, 0.15) is 0 Å². The van der Waals surface area contributed by atoms with E-state index in [0.29, 0.717) is 12.0 Å². The van der Waals surface area contributed by atoms with Gasteiger partial charge in [-0.1, -0.05) is 55.0 Å². The zero-order valence-corrected chi connectivity index (χ0v) is 13.5. The molecular formula is C16H21BrN2O. The zero-order valence-electron chi connectivity index (χ0n) is 11.9. The maximum Gasteiger partial charge on any atom is 0.364 e. The van der Waals surface area contributed by atoms with Crippen LogP contribution in [0.5, 0.6) is 0 Å². The van der Waals surface area contributed by atoms with Crippen LogP contribution in [0.15, 0.2) is 28.7 Å². The topological polar surface area (TPSA) is 53.5 Å². The summed E-state index contributed by atoms with van der Waals surface area (Å²) in [6.07, 6.45) is 7.26. The largest absolute Gasteiger partial charge is 0.364 e. The van der Waals surface area contributed by atoms with E-state index in [1.54, 1.807) is 12.1 Å². The van der Waals surface area contributed by atoms with Crippen molar-refractivity contribution in [2.45, 2.75) is 51.9 Å². The highest BCUT2D eigenvalue weighted by Crippen LogP contribution is 2.13. The number of nitrogens with zero attached hydrogens (tertiary/aromatic N) is 2. The van der Waals surface area contributed by atoms with Gasteiger partial charge in [0.05, 0.1) is 5.56 Å². The van der Waals surface area contributed by atoms with Crippen LogP contribution in [0.3, 0.4) is 0 Å². The SMILES string of the molecule is CCCCCCCCC(=O)C(=[N+]=[N-])c1ccc(Br)cc1. The van der Waals surface area contributed by atoms with Crippen LogP contribution in [0, 0.1) is 0 Å². The van der Waals surface area contributed by atoms with E-state index in [-0.39, 0.29) is 11.5 Å². The molecule has 0 atom stereocenters. The van der Waals surface area contributed by atoms with Gasteiger partial charge in [-0.3, -0.25) is 4.79 Å². The molecule has 0 heterocycles. The minimum Gasteiger partial charge on any atom is -0.361 e. The Hall–Kier alpha value is -1.25. The molecule has 4 heteroatoms. The molecule has 0 fully saturated rings. The highest BCUT2D eigenvalue weighted by atomic mass is 79.9. The van der Waals surface area contributed by atoms with Crippen molar-refractivity contribution in [1.82, 2.24) is 0 Å². The summed E-state index contributed by atoms with van der Waals surface area (Å²) >= 11 is 3.34. The van der Waals surface area contributed by atoms with Gasteiger partial charge in [-0.2, -0.15) is 4.79 Å². The molecule has 0 aromatic heterocycles. The molecule has 0 aliphatic heterocycles. The Balaban J connectivity index is 2.44. The van der Waals surface area contributed by atoms with E-state index < -0.39 is 0 Å². The summed E-state index contributed by atoms with van der Waals surface area (Å²) in [6, 6.07) is 7.22. The Morgan fingerprint density at radius 2 is 1.70 bits per heavy atom. The fourth-order valence-corrected chi connectivity index (χ4v) is 2.33. The molecule has 108 valence electrons. The first kappa shape index (κ1) is 16.8. The van der Waals surface area contributed by atoms with Crippen molar-refractivity contribution in [3.63, 3.8) is 0 Å². The van der Waals surface area contributed by atoms with E-state index in [1.165, 1.54) is 25.7 Å². The van der Waals surface area contributed by atoms with Gasteiger partial charge in [-0.25, -0.2) is 0 Å². The van der Waals surface area contributed by atoms with Gasteiger partial charge in [0, 0.05) is 10.9 Å². The number of hydrogen-bond acceptors (Lipinski definition) is 1. The number of benzene rings is 1. The number of carbonyl (C=O) groups excluding carboxylic acids is 1. The quantitative estimate of drug-likeness (QED) is 0.277. The lowest BCUT2D eigenvalue weighted by molar-refractivity contribution is -0.117. The molecule has 0 N–H and O–H groups in total. The summed E-state index contributed by atoms with van der Waals surface area (Å²) in [7, 11) is 0. The van der Waals surface area contributed by atoms with Gasteiger partial charge in [0.25, 0.3) is 0 Å². The molecule has 0 saturated carbocycles. The summed E-state index contributed by atoms with van der Waals surface area (Å²) in [5.41, 5.74) is 9.86. The summed E-state index contributed by atoms with van der Waals surface area (Å²) in [4.78, 5) is 15.2. The summed E-state index contributed by atoms with van der Waals surface area (Å²) in [5.74, 6) is -0.0923. The number of unbranched alkanes of at least 4 members (excludes halogenated alkanes) is 5. The summed E-state index contributed by atoms with van der Waals surface area (Å²) in [6.45, 7) is 2.19. The van der Waals surface area contributed by atoms with Gasteiger partial charge < -0.3 is 5.53 Å². The van der Waals surface area contributed by atoms with Crippen LogP contribution in [0.2, 0.25) is 0 Å². The van der Waals surface area contributed by atoms with E-state index in [4.69, 9.17) is 5.53 Å². The Morgan fingerprint density at radius 1 is 1.10 bits per heavy atom. The number of ketones is 1. The van der Waals surface area contributed by atoms with Crippen molar-refractivity contribution in [2.24, 2.45) is 0 Å². The molecule has 0 saturated heterocycles. The molecular weight excluding hydrogens is 316 g/mol. The number of carbonyl (C=O) groups is 1. The molecule has 3 nitrogen and oxygen atoms in total. The van der Waals surface area contributed by atoms with E-state index in [1.807, 2.05) is 12.1 Å². The highest BCUT2D eigenvalue weighted by Gasteiger charge is 2.21. The Morgan fingerprint density at radius 3 is 2.30 bits per heavy atom. The van der Waals surface area contributed by atoms with Crippen LogP contribution in [-0.4, -0.2) is 16.3 Å². The van der Waals surface area contributed by atoms with Crippen LogP contribution in [0.4, 0.5) is 0 Å². The molecule has 0 unspecified atom stereocenters. The minimum atomic E-state index is -0.0923. The molecule has 1 aromatic carbocycles. The zero-order chi connectivity index (χ0) is 14.8. The number of rotatable bonds is 9. The van der Waals surface area contributed by atoms with Crippen molar-refractivity contribution in [3.8, 4) is 0 Å². The van der Waals surface area contributed by atoms with Gasteiger partial charge >= 0.3 is 5.71 Å². The van der Waals surface area contributed by atoms with Gasteiger partial charge in [0.15, 0.2) is 0 Å². The first-order valence-electron chi connectivity index (χ1n) is 7.20. The third-order valence-corrected chi connectivity index (χ3v) is 3.77. The van der Waals surface area contributed by atoms with E-state index >= 15 is 0 Å². The molecule has 0 aliphatic carbocycles. The average Bonchev–Trinajstić information content (AvgIpc) is 2.45. The van der Waals surface area contributed by atoms with Crippen molar-refractivity contribution in [2.75, 3.05) is 0 Å². The Labute approximate surface area is 129 Å². The van der Waals surface area contributed by atoms with Crippen molar-refractivity contribution in [3.05, 3.63) is 39.8 Å². The third kappa shape index (κ3) is 5.81. The molecule has 1 rings (SSSR count). The number of Topliss-reactive ketones (excluding diaryl/α,β-unsaturated/α-hetero) is 1. The van der Waals surface area contributed by atoms with E-state index in [9.17, 15) is 4.79 Å². The van der Waals surface area contributed by atoms with Crippen molar-refractivity contribution >= 4 is 27.4 Å². The maximum absolute atomic E-state index is 12.0. The molecule has 0 bridgehead atoms. The van der Waals surface area contributed by atoms with Crippen molar-refractivity contribution in [1.29, 1.82) is 0 Å². The second kappa shape index (κ2) is 9.62. The first-order valence-corrected chi connectivity index (χ1v) is 7.99. The van der Waals surface area contributed by atoms with E-state index in [0.717, 1.165) is 17.3 Å². The molecule has 0 spiro atoms. The van der Waals surface area contributed by atoms with Crippen LogP contribution < -0.4 is 0 Å². The smallest absolute Gasteiger partial charge is 0.361 e. The third-order valence-electron chi connectivity index (χ3n) is 3.24. The van der Waals surface area contributed by atoms with Gasteiger partial charge in [0.2, 0.25) is 5.78 Å². The molecule has 0 radical (unpaired) electrons. The average molecular weight is 337 g/mol. The van der Waals surface area contributed by atoms with Gasteiger partial charge in [-0.05, 0) is 30.7 Å². The summed E-state index contributed by atoms with van der Waals surface area (Å²) in [5, 5.41) is 0. The normalized spacial score (nSPS) is 10.1. The monoisotopic (exact) mass is 336 g/mol. The highest BCUT2D eigenvalue weighted by molar-refractivity contribution is 9.10. The predicted octanol–water partition coefficient (Wildman–Crippen LogP) is 4.79. The minimum absolute atomic E-state index is 0.0923. The lowest BCUT2D eigenvalue weighted by Gasteiger charge is -2.00. The van der Waals surface area contributed by atoms with Crippen LogP contribution >= 0.6 is 15.9 Å². The summed E-state index contributed by atoms with van der Waals surface area (Å²) < 4.78 is 0.932. The Bertz CT molecular complexity index is 476. The fraction of sp³-hybridized carbons (Fsp3) is 0.500. The Kier molecular flexibility index (Phi) is 8.08. The standard InChI is InChI=1S/C16H21BrN2O/c1-2-3-4-5-6-7-8-15(20)16(19-18)13-9-11-14(17)12-10-13/h9-12H,2-8H2,1H3. The number of hydrogen-bond donors (Lipinski definition) is 0. The van der Waals surface area contributed by atoms with Crippen LogP contribution in [-0.2, 0) is 4.79 Å². The first-order chi connectivity index (χ1) is 9.69. The predicted molar refractivity (Wildman–Crippen MR) is 84.9 cm³/mol. The van der Waals surface area contributed by atoms with Gasteiger partial charge in [-0.15, -0.1) is 0 Å². The lowest BCUT2D eigenvalue weighted by atomic mass is 10.0. The second-order valence-electron chi connectivity index (χ2n) is 4.90. The molecule has 0 amide bonds. The molecule has 0 aliphatic rings. The van der Waals surface area contributed by atoms with Crippen LogP contribution in [0.1, 0.15) is 57.4 Å². The fourth-order valence-electron chi connectivity index (χ4n) is 2.07. The van der Waals surface area contributed by atoms with Crippen LogP contribution in [0.25, 0.3) is 5.53 Å². The lowest BCUT2D eigenvalue weighted by Crippen LogP contribution is -2.16. The maximum atomic E-state index is 12.0. The number of halogens is 1. The van der Waals surface area contributed by atoms with E-state index in [2.05, 4.69) is 27.6 Å². The second-order valence-corrected chi connectivity index (χ2v) is 5.81. The molecule has 20 heavy (non-hydrogen) atoms.